The van der Waals surface area contributed by atoms with Crippen LogP contribution in [0.1, 0.15) is 43.2 Å². The Balaban J connectivity index is 2.42. The van der Waals surface area contributed by atoms with Crippen LogP contribution in [0.15, 0.2) is 30.3 Å². The molecule has 0 saturated heterocycles. The standard InChI is InChI=1S/C19H23FN2O2/c1-5-12(2)21-19(24)11-22-13(3)17(14(4)23)10-18(22)15-6-8-16(20)9-7-15/h6-10,12H,5,11H2,1-4H3,(H,21,24). The molecule has 0 saturated carbocycles. The van der Waals surface area contributed by atoms with E-state index in [-0.39, 0.29) is 30.1 Å². The highest BCUT2D eigenvalue weighted by molar-refractivity contribution is 5.97. The van der Waals surface area contributed by atoms with Crippen molar-refractivity contribution in [2.45, 2.75) is 46.7 Å². The van der Waals surface area contributed by atoms with Crippen LogP contribution in [0.25, 0.3) is 11.3 Å². The molecule has 2 rings (SSSR count). The summed E-state index contributed by atoms with van der Waals surface area (Å²) in [7, 11) is 0. The Morgan fingerprint density at radius 3 is 2.42 bits per heavy atom. The molecule has 0 fully saturated rings. The Kier molecular flexibility index (Phi) is 5.54. The van der Waals surface area contributed by atoms with E-state index in [1.165, 1.54) is 19.1 Å². The van der Waals surface area contributed by atoms with Crippen LogP contribution < -0.4 is 5.32 Å². The number of halogens is 1. The number of carbonyl (C=O) groups is 2. The van der Waals surface area contributed by atoms with Crippen molar-refractivity contribution in [2.75, 3.05) is 0 Å². The van der Waals surface area contributed by atoms with Gasteiger partial charge in [-0.1, -0.05) is 6.92 Å². The van der Waals surface area contributed by atoms with Gasteiger partial charge in [-0.05, 0) is 63.1 Å². The molecule has 0 aliphatic heterocycles. The zero-order valence-electron chi connectivity index (χ0n) is 14.5. The first-order valence-corrected chi connectivity index (χ1v) is 8.09. The molecule has 1 atom stereocenters. The molecule has 0 aliphatic rings. The lowest BCUT2D eigenvalue weighted by Gasteiger charge is -2.15. The summed E-state index contributed by atoms with van der Waals surface area (Å²) in [4.78, 5) is 24.1. The molecule has 1 heterocycles. The molecule has 0 aliphatic carbocycles. The Bertz CT molecular complexity index is 747. The normalized spacial score (nSPS) is 12.0. The predicted octanol–water partition coefficient (Wildman–Crippen LogP) is 3.72. The third-order valence-electron chi connectivity index (χ3n) is 4.21. The van der Waals surface area contributed by atoms with Gasteiger partial charge in [-0.3, -0.25) is 9.59 Å². The van der Waals surface area contributed by atoms with Gasteiger partial charge in [-0.2, -0.15) is 0 Å². The first-order chi connectivity index (χ1) is 11.3. The molecule has 1 amide bonds. The van der Waals surface area contributed by atoms with Crippen molar-refractivity contribution in [1.82, 2.24) is 9.88 Å². The van der Waals surface area contributed by atoms with E-state index >= 15 is 0 Å². The summed E-state index contributed by atoms with van der Waals surface area (Å²) in [5.41, 5.74) is 2.81. The zero-order chi connectivity index (χ0) is 17.9. The summed E-state index contributed by atoms with van der Waals surface area (Å²) >= 11 is 0. The zero-order valence-corrected chi connectivity index (χ0v) is 14.5. The number of ketones is 1. The number of nitrogens with zero attached hydrogens (tertiary/aromatic N) is 1. The third kappa shape index (κ3) is 3.91. The van der Waals surface area contributed by atoms with E-state index in [1.807, 2.05) is 25.3 Å². The highest BCUT2D eigenvalue weighted by atomic mass is 19.1. The highest BCUT2D eigenvalue weighted by Crippen LogP contribution is 2.26. The molecule has 1 aromatic carbocycles. The Morgan fingerprint density at radius 1 is 1.25 bits per heavy atom. The summed E-state index contributed by atoms with van der Waals surface area (Å²) in [6, 6.07) is 7.90. The lowest BCUT2D eigenvalue weighted by molar-refractivity contribution is -0.122. The molecular formula is C19H23FN2O2. The van der Waals surface area contributed by atoms with E-state index in [2.05, 4.69) is 5.32 Å². The van der Waals surface area contributed by atoms with Crippen molar-refractivity contribution in [3.63, 3.8) is 0 Å². The van der Waals surface area contributed by atoms with Crippen LogP contribution in [0.5, 0.6) is 0 Å². The quantitative estimate of drug-likeness (QED) is 0.821. The summed E-state index contributed by atoms with van der Waals surface area (Å²) in [5, 5.41) is 2.93. The van der Waals surface area contributed by atoms with Gasteiger partial charge in [0, 0.05) is 23.0 Å². The average Bonchev–Trinajstić information content (AvgIpc) is 2.85. The van der Waals surface area contributed by atoms with Gasteiger partial charge in [0.15, 0.2) is 5.78 Å². The number of amides is 1. The van der Waals surface area contributed by atoms with Crippen molar-refractivity contribution in [2.24, 2.45) is 0 Å². The molecule has 0 bridgehead atoms. The van der Waals surface area contributed by atoms with E-state index < -0.39 is 0 Å². The van der Waals surface area contributed by atoms with Gasteiger partial charge in [0.05, 0.1) is 0 Å². The van der Waals surface area contributed by atoms with Crippen molar-refractivity contribution >= 4 is 11.7 Å². The van der Waals surface area contributed by atoms with Crippen LogP contribution in [0.4, 0.5) is 4.39 Å². The molecule has 2 aromatic rings. The van der Waals surface area contributed by atoms with Gasteiger partial charge in [0.2, 0.25) is 5.91 Å². The maximum Gasteiger partial charge on any atom is 0.240 e. The summed E-state index contributed by atoms with van der Waals surface area (Å²) < 4.78 is 15.0. The largest absolute Gasteiger partial charge is 0.352 e. The van der Waals surface area contributed by atoms with E-state index in [0.717, 1.165) is 23.4 Å². The third-order valence-corrected chi connectivity index (χ3v) is 4.21. The summed E-state index contributed by atoms with van der Waals surface area (Å²) in [5.74, 6) is -0.492. The topological polar surface area (TPSA) is 51.1 Å². The number of rotatable bonds is 6. The Hall–Kier alpha value is -2.43. The SMILES string of the molecule is CCC(C)NC(=O)Cn1c(-c2ccc(F)cc2)cc(C(C)=O)c1C. The van der Waals surface area contributed by atoms with Gasteiger partial charge < -0.3 is 9.88 Å². The molecule has 5 heteroatoms. The average molecular weight is 330 g/mol. The van der Waals surface area contributed by atoms with Crippen molar-refractivity contribution < 1.29 is 14.0 Å². The Labute approximate surface area is 141 Å². The lowest BCUT2D eigenvalue weighted by Crippen LogP contribution is -2.35. The molecule has 128 valence electrons. The van der Waals surface area contributed by atoms with Crippen molar-refractivity contribution in [3.8, 4) is 11.3 Å². The fourth-order valence-electron chi connectivity index (χ4n) is 2.63. The summed E-state index contributed by atoms with van der Waals surface area (Å²) in [6.45, 7) is 7.39. The maximum atomic E-state index is 13.2. The molecule has 1 aromatic heterocycles. The van der Waals surface area contributed by atoms with E-state index in [9.17, 15) is 14.0 Å². The minimum atomic E-state index is -0.324. The van der Waals surface area contributed by atoms with Crippen LogP contribution in [0.3, 0.4) is 0 Å². The molecule has 1 unspecified atom stereocenters. The lowest BCUT2D eigenvalue weighted by atomic mass is 10.1. The van der Waals surface area contributed by atoms with E-state index in [1.54, 1.807) is 18.2 Å². The molecular weight excluding hydrogens is 307 g/mol. The minimum absolute atomic E-state index is 0.0584. The number of benzene rings is 1. The van der Waals surface area contributed by atoms with Crippen molar-refractivity contribution in [1.29, 1.82) is 0 Å². The second kappa shape index (κ2) is 7.43. The first-order valence-electron chi connectivity index (χ1n) is 8.09. The maximum absolute atomic E-state index is 13.2. The van der Waals surface area contributed by atoms with Crippen LogP contribution in [-0.2, 0) is 11.3 Å². The fourth-order valence-corrected chi connectivity index (χ4v) is 2.63. The van der Waals surface area contributed by atoms with Crippen LogP contribution in [-0.4, -0.2) is 22.3 Å². The second-order valence-electron chi connectivity index (χ2n) is 6.05. The highest BCUT2D eigenvalue weighted by Gasteiger charge is 2.18. The number of hydrogen-bond acceptors (Lipinski definition) is 2. The van der Waals surface area contributed by atoms with E-state index in [4.69, 9.17) is 0 Å². The number of hydrogen-bond donors (Lipinski definition) is 1. The molecule has 24 heavy (non-hydrogen) atoms. The molecule has 0 spiro atoms. The van der Waals surface area contributed by atoms with Crippen LogP contribution >= 0.6 is 0 Å². The number of Topliss-reactive ketones (excluding diaryl/α,β-unsaturated/α-hetero) is 1. The van der Waals surface area contributed by atoms with Crippen LogP contribution in [0, 0.1) is 12.7 Å². The van der Waals surface area contributed by atoms with E-state index in [0.29, 0.717) is 5.56 Å². The molecule has 0 radical (unpaired) electrons. The molecule has 1 N–H and O–H groups in total. The number of aromatic nitrogens is 1. The number of nitrogens with one attached hydrogen (secondary N) is 1. The molecule has 4 nitrogen and oxygen atoms in total. The predicted molar refractivity (Wildman–Crippen MR) is 92.5 cm³/mol. The van der Waals surface area contributed by atoms with Gasteiger partial charge in [-0.15, -0.1) is 0 Å². The second-order valence-corrected chi connectivity index (χ2v) is 6.05. The minimum Gasteiger partial charge on any atom is -0.352 e. The Morgan fingerprint density at radius 2 is 1.88 bits per heavy atom. The number of carbonyl (C=O) groups excluding carboxylic acids is 2. The van der Waals surface area contributed by atoms with Gasteiger partial charge >= 0.3 is 0 Å². The van der Waals surface area contributed by atoms with Gasteiger partial charge in [0.25, 0.3) is 0 Å². The van der Waals surface area contributed by atoms with Crippen LogP contribution in [0.2, 0.25) is 0 Å². The van der Waals surface area contributed by atoms with Gasteiger partial charge in [0.1, 0.15) is 12.4 Å². The smallest absolute Gasteiger partial charge is 0.240 e. The fraction of sp³-hybridized carbons (Fsp3) is 0.368. The van der Waals surface area contributed by atoms with Gasteiger partial charge in [-0.25, -0.2) is 4.39 Å². The first kappa shape index (κ1) is 17.9. The van der Waals surface area contributed by atoms with Crippen molar-refractivity contribution in [3.05, 3.63) is 47.4 Å². The monoisotopic (exact) mass is 330 g/mol. The summed E-state index contributed by atoms with van der Waals surface area (Å²) in [6.07, 6.45) is 0.847.